The molecule has 1 aromatic heterocycles. The number of nitrogens with one attached hydrogen (secondary N) is 1. The van der Waals surface area contributed by atoms with Crippen LogP contribution in [0.5, 0.6) is 0 Å². The van der Waals surface area contributed by atoms with Gasteiger partial charge in [0.05, 0.1) is 5.75 Å². The number of hydrogen-bond donors (Lipinski definition) is 1. The fraction of sp³-hybridized carbons (Fsp3) is 0.273. The first-order chi connectivity index (χ1) is 14.4. The molecule has 1 N–H and O–H groups in total. The Balaban J connectivity index is 1.70. The van der Waals surface area contributed by atoms with E-state index in [1.807, 2.05) is 48.7 Å². The van der Waals surface area contributed by atoms with Crippen molar-refractivity contribution in [1.29, 1.82) is 0 Å². The topological polar surface area (TPSA) is 80.1 Å². The lowest BCUT2D eigenvalue weighted by atomic mass is 10.1. The number of rotatable bonds is 8. The number of thioether (sulfide) groups is 1. The number of ketones is 1. The van der Waals surface area contributed by atoms with E-state index in [2.05, 4.69) is 21.6 Å². The Bertz CT molecular complexity index is 1060. The number of aromatic nitrogens is 3. The third-order valence-electron chi connectivity index (χ3n) is 4.54. The van der Waals surface area contributed by atoms with Crippen molar-refractivity contribution in [2.75, 3.05) is 30.1 Å². The average Bonchev–Trinajstić information content (AvgIpc) is 3.15. The Morgan fingerprint density at radius 2 is 1.87 bits per heavy atom. The highest BCUT2D eigenvalue weighted by molar-refractivity contribution is 7.99. The molecular formula is C22H25N5O2S. The second-order valence-corrected chi connectivity index (χ2v) is 7.91. The number of anilines is 2. The zero-order valence-electron chi connectivity index (χ0n) is 17.5. The monoisotopic (exact) mass is 423 g/mol. The highest BCUT2D eigenvalue weighted by atomic mass is 32.2. The lowest BCUT2D eigenvalue weighted by molar-refractivity contribution is -0.113. The minimum absolute atomic E-state index is 0.0395. The zero-order valence-corrected chi connectivity index (χ0v) is 18.4. The molecule has 0 unspecified atom stereocenters. The van der Waals surface area contributed by atoms with Crippen molar-refractivity contribution in [3.8, 4) is 11.4 Å². The molecule has 0 fully saturated rings. The predicted octanol–water partition coefficient (Wildman–Crippen LogP) is 3.96. The summed E-state index contributed by atoms with van der Waals surface area (Å²) in [6.45, 7) is 4.22. The maximum atomic E-state index is 12.4. The quantitative estimate of drug-likeness (QED) is 0.436. The van der Waals surface area contributed by atoms with Crippen molar-refractivity contribution in [1.82, 2.24) is 14.8 Å². The van der Waals surface area contributed by atoms with Crippen LogP contribution in [0.4, 0.5) is 11.4 Å². The van der Waals surface area contributed by atoms with Crippen LogP contribution in [0.3, 0.4) is 0 Å². The van der Waals surface area contributed by atoms with E-state index >= 15 is 0 Å². The van der Waals surface area contributed by atoms with Crippen LogP contribution >= 0.6 is 11.8 Å². The zero-order chi connectivity index (χ0) is 21.7. The minimum Gasteiger partial charge on any atom is -0.378 e. The molecule has 1 heterocycles. The van der Waals surface area contributed by atoms with Crippen LogP contribution in [-0.4, -0.2) is 46.3 Å². The Morgan fingerprint density at radius 1 is 1.10 bits per heavy atom. The molecule has 0 bridgehead atoms. The first-order valence-electron chi connectivity index (χ1n) is 9.63. The van der Waals surface area contributed by atoms with Crippen LogP contribution in [0.25, 0.3) is 11.4 Å². The molecule has 0 aliphatic carbocycles. The molecule has 3 aromatic rings. The second kappa shape index (κ2) is 9.58. The van der Waals surface area contributed by atoms with E-state index in [0.717, 1.165) is 17.1 Å². The Kier molecular flexibility index (Phi) is 6.89. The summed E-state index contributed by atoms with van der Waals surface area (Å²) >= 11 is 1.34. The van der Waals surface area contributed by atoms with Crippen LogP contribution in [0, 0.1) is 0 Å². The first-order valence-corrected chi connectivity index (χ1v) is 10.6. The summed E-state index contributed by atoms with van der Waals surface area (Å²) in [5.41, 5.74) is 3.23. The molecule has 8 heteroatoms. The largest absolute Gasteiger partial charge is 0.378 e. The van der Waals surface area contributed by atoms with Gasteiger partial charge in [-0.2, -0.15) is 0 Å². The molecule has 2 aromatic carbocycles. The van der Waals surface area contributed by atoms with Crippen molar-refractivity contribution in [2.24, 2.45) is 0 Å². The van der Waals surface area contributed by atoms with Crippen molar-refractivity contribution in [2.45, 2.75) is 25.5 Å². The normalized spacial score (nSPS) is 10.7. The van der Waals surface area contributed by atoms with Gasteiger partial charge in [-0.3, -0.25) is 9.59 Å². The van der Waals surface area contributed by atoms with Crippen LogP contribution < -0.4 is 10.2 Å². The second-order valence-electron chi connectivity index (χ2n) is 6.97. The lowest BCUT2D eigenvalue weighted by Gasteiger charge is -2.14. The third kappa shape index (κ3) is 5.07. The Hall–Kier alpha value is -3.13. The number of amides is 1. The number of benzene rings is 2. The molecule has 30 heavy (non-hydrogen) atoms. The molecule has 156 valence electrons. The predicted molar refractivity (Wildman–Crippen MR) is 121 cm³/mol. The van der Waals surface area contributed by atoms with Crippen molar-refractivity contribution >= 4 is 34.8 Å². The van der Waals surface area contributed by atoms with E-state index < -0.39 is 0 Å². The smallest absolute Gasteiger partial charge is 0.234 e. The van der Waals surface area contributed by atoms with Gasteiger partial charge in [-0.25, -0.2) is 0 Å². The Morgan fingerprint density at radius 3 is 2.57 bits per heavy atom. The fourth-order valence-electron chi connectivity index (χ4n) is 2.96. The van der Waals surface area contributed by atoms with Gasteiger partial charge < -0.3 is 14.8 Å². The molecule has 1 amide bonds. The van der Waals surface area contributed by atoms with Gasteiger partial charge in [-0.15, -0.1) is 10.2 Å². The first kappa shape index (κ1) is 21.6. The van der Waals surface area contributed by atoms with Gasteiger partial charge in [-0.1, -0.05) is 36.0 Å². The molecule has 0 atom stereocenters. The molecule has 0 saturated carbocycles. The van der Waals surface area contributed by atoms with Gasteiger partial charge in [0.2, 0.25) is 5.91 Å². The number of Topliss-reactive ketones (excluding diaryl/α,β-unsaturated/α-hetero) is 1. The van der Waals surface area contributed by atoms with Crippen molar-refractivity contribution in [3.05, 3.63) is 54.1 Å². The Labute approximate surface area is 180 Å². The van der Waals surface area contributed by atoms with E-state index in [-0.39, 0.29) is 17.4 Å². The molecule has 0 saturated heterocycles. The molecule has 0 radical (unpaired) electrons. The van der Waals surface area contributed by atoms with Gasteiger partial charge in [0.15, 0.2) is 16.8 Å². The van der Waals surface area contributed by atoms with Crippen LogP contribution in [0.2, 0.25) is 0 Å². The van der Waals surface area contributed by atoms with Crippen LogP contribution in [0.1, 0.15) is 24.2 Å². The number of nitrogens with zero attached hydrogens (tertiary/aromatic N) is 4. The van der Waals surface area contributed by atoms with Gasteiger partial charge >= 0.3 is 0 Å². The number of carbonyl (C=O) groups excluding carboxylic acids is 2. The highest BCUT2D eigenvalue weighted by Crippen LogP contribution is 2.26. The molecule has 0 aliphatic rings. The van der Waals surface area contributed by atoms with E-state index in [9.17, 15) is 9.59 Å². The summed E-state index contributed by atoms with van der Waals surface area (Å²) < 4.78 is 2.00. The maximum absolute atomic E-state index is 12.4. The van der Waals surface area contributed by atoms with E-state index in [0.29, 0.717) is 23.0 Å². The molecular weight excluding hydrogens is 398 g/mol. The lowest BCUT2D eigenvalue weighted by Crippen LogP contribution is -2.15. The maximum Gasteiger partial charge on any atom is 0.234 e. The van der Waals surface area contributed by atoms with Crippen LogP contribution in [-0.2, 0) is 11.3 Å². The summed E-state index contributed by atoms with van der Waals surface area (Å²) in [5.74, 6) is 0.767. The third-order valence-corrected chi connectivity index (χ3v) is 5.51. The van der Waals surface area contributed by atoms with E-state index in [4.69, 9.17) is 0 Å². The average molecular weight is 424 g/mol. The molecule has 0 aliphatic heterocycles. The number of hydrogen-bond acceptors (Lipinski definition) is 6. The van der Waals surface area contributed by atoms with Gasteiger partial charge in [-0.05, 0) is 38.1 Å². The van der Waals surface area contributed by atoms with E-state index in [1.54, 1.807) is 24.3 Å². The highest BCUT2D eigenvalue weighted by Gasteiger charge is 2.15. The van der Waals surface area contributed by atoms with Gasteiger partial charge in [0, 0.05) is 43.1 Å². The molecule has 3 rings (SSSR count). The number of carbonyl (C=O) groups is 2. The summed E-state index contributed by atoms with van der Waals surface area (Å²) in [5, 5.41) is 12.2. The molecule has 0 spiro atoms. The van der Waals surface area contributed by atoms with Gasteiger partial charge in [0.25, 0.3) is 0 Å². The van der Waals surface area contributed by atoms with Crippen molar-refractivity contribution in [3.63, 3.8) is 0 Å². The fourth-order valence-corrected chi connectivity index (χ4v) is 3.76. The molecule has 7 nitrogen and oxygen atoms in total. The van der Waals surface area contributed by atoms with Crippen LogP contribution in [0.15, 0.2) is 53.7 Å². The van der Waals surface area contributed by atoms with E-state index in [1.165, 1.54) is 18.7 Å². The summed E-state index contributed by atoms with van der Waals surface area (Å²) in [6.07, 6.45) is 0. The standard InChI is InChI=1S/C22H25N5O2S/c1-5-27-21(17-9-7-11-19(13-17)26(3)4)24-25-22(27)30-14-20(29)23-18-10-6-8-16(12-18)15(2)28/h6-13H,5,14H2,1-4H3,(H,23,29). The summed E-state index contributed by atoms with van der Waals surface area (Å²) in [7, 11) is 3.99. The summed E-state index contributed by atoms with van der Waals surface area (Å²) in [6, 6.07) is 15.0. The summed E-state index contributed by atoms with van der Waals surface area (Å²) in [4.78, 5) is 25.9. The van der Waals surface area contributed by atoms with Crippen molar-refractivity contribution < 1.29 is 9.59 Å². The van der Waals surface area contributed by atoms with Gasteiger partial charge in [0.1, 0.15) is 0 Å². The SMILES string of the molecule is CCn1c(SCC(=O)Nc2cccc(C(C)=O)c2)nnc1-c1cccc(N(C)C)c1. The minimum atomic E-state index is -0.164.